The Balaban J connectivity index is 1.87. The molecule has 1 aromatic carbocycles. The van der Waals surface area contributed by atoms with Crippen molar-refractivity contribution in [1.82, 2.24) is 15.6 Å². The van der Waals surface area contributed by atoms with Gasteiger partial charge in [0, 0.05) is 17.6 Å². The number of nitrogens with one attached hydrogen (secondary N) is 2. The molecule has 0 radical (unpaired) electrons. The third-order valence-corrected chi connectivity index (χ3v) is 4.51. The normalized spacial score (nSPS) is 12.7. The summed E-state index contributed by atoms with van der Waals surface area (Å²) in [5, 5.41) is 7.40. The number of aromatic nitrogens is 1. The molecule has 2 aromatic rings. The van der Waals surface area contributed by atoms with Gasteiger partial charge in [0.25, 0.3) is 0 Å². The van der Waals surface area contributed by atoms with E-state index in [1.807, 2.05) is 20.0 Å². The Labute approximate surface area is 152 Å². The number of hydrogen-bond acceptors (Lipinski definition) is 4. The molecule has 136 valence electrons. The zero-order valence-corrected chi connectivity index (χ0v) is 15.7. The van der Waals surface area contributed by atoms with Gasteiger partial charge >= 0.3 is 0 Å². The SMILES string of the molecule is CCNC(=NCc1ncc(CC)s1)NCC(C)Oc1ccccc1F. The van der Waals surface area contributed by atoms with Gasteiger partial charge in [-0.3, -0.25) is 0 Å². The Kier molecular flexibility index (Phi) is 7.66. The molecule has 0 saturated heterocycles. The average molecular weight is 364 g/mol. The van der Waals surface area contributed by atoms with E-state index in [4.69, 9.17) is 4.74 Å². The fraction of sp³-hybridized carbons (Fsp3) is 0.444. The van der Waals surface area contributed by atoms with Crippen LogP contribution in [0.15, 0.2) is 35.5 Å². The number of nitrogens with zero attached hydrogens (tertiary/aromatic N) is 2. The lowest BCUT2D eigenvalue weighted by Gasteiger charge is -2.17. The maximum atomic E-state index is 13.6. The smallest absolute Gasteiger partial charge is 0.191 e. The predicted molar refractivity (Wildman–Crippen MR) is 101 cm³/mol. The fourth-order valence-corrected chi connectivity index (χ4v) is 2.90. The van der Waals surface area contributed by atoms with E-state index in [1.165, 1.54) is 10.9 Å². The minimum atomic E-state index is -0.356. The zero-order chi connectivity index (χ0) is 18.1. The topological polar surface area (TPSA) is 58.5 Å². The molecule has 7 heteroatoms. The molecule has 0 bridgehead atoms. The largest absolute Gasteiger partial charge is 0.486 e. The molecular formula is C18H25FN4OS. The van der Waals surface area contributed by atoms with E-state index in [1.54, 1.807) is 29.5 Å². The maximum absolute atomic E-state index is 13.6. The van der Waals surface area contributed by atoms with Gasteiger partial charge in [-0.2, -0.15) is 0 Å². The highest BCUT2D eigenvalue weighted by Gasteiger charge is 2.09. The first-order valence-corrected chi connectivity index (χ1v) is 9.31. The third kappa shape index (κ3) is 6.34. The summed E-state index contributed by atoms with van der Waals surface area (Å²) in [5.41, 5.74) is 0. The lowest BCUT2D eigenvalue weighted by Crippen LogP contribution is -2.41. The van der Waals surface area contributed by atoms with Gasteiger partial charge in [0.2, 0.25) is 0 Å². The highest BCUT2D eigenvalue weighted by molar-refractivity contribution is 7.11. The van der Waals surface area contributed by atoms with Crippen LogP contribution < -0.4 is 15.4 Å². The number of ether oxygens (including phenoxy) is 1. The Morgan fingerprint density at radius 3 is 2.80 bits per heavy atom. The highest BCUT2D eigenvalue weighted by Crippen LogP contribution is 2.17. The van der Waals surface area contributed by atoms with E-state index in [-0.39, 0.29) is 17.7 Å². The van der Waals surface area contributed by atoms with Crippen LogP contribution in [-0.2, 0) is 13.0 Å². The molecule has 0 amide bonds. The zero-order valence-electron chi connectivity index (χ0n) is 14.9. The first-order chi connectivity index (χ1) is 12.1. The van der Waals surface area contributed by atoms with Crippen molar-refractivity contribution in [3.8, 4) is 5.75 Å². The molecule has 5 nitrogen and oxygen atoms in total. The number of guanidine groups is 1. The maximum Gasteiger partial charge on any atom is 0.191 e. The molecular weight excluding hydrogens is 339 g/mol. The number of aryl methyl sites for hydroxylation is 1. The molecule has 0 spiro atoms. The summed E-state index contributed by atoms with van der Waals surface area (Å²) in [4.78, 5) is 10.2. The average Bonchev–Trinajstić information content (AvgIpc) is 3.07. The first kappa shape index (κ1) is 19.2. The van der Waals surface area contributed by atoms with Crippen LogP contribution in [0.4, 0.5) is 4.39 Å². The fourth-order valence-electron chi connectivity index (χ4n) is 2.11. The molecule has 0 aliphatic rings. The molecule has 25 heavy (non-hydrogen) atoms. The van der Waals surface area contributed by atoms with E-state index in [9.17, 15) is 4.39 Å². The Morgan fingerprint density at radius 1 is 1.32 bits per heavy atom. The molecule has 0 fully saturated rings. The van der Waals surface area contributed by atoms with E-state index in [0.717, 1.165) is 18.0 Å². The Hall–Kier alpha value is -2.15. The van der Waals surface area contributed by atoms with Crippen LogP contribution in [-0.4, -0.2) is 30.1 Å². The Bertz CT molecular complexity index is 689. The van der Waals surface area contributed by atoms with Gasteiger partial charge in [-0.15, -0.1) is 11.3 Å². The lowest BCUT2D eigenvalue weighted by molar-refractivity contribution is 0.214. The summed E-state index contributed by atoms with van der Waals surface area (Å²) in [5.74, 6) is 0.596. The van der Waals surface area contributed by atoms with E-state index < -0.39 is 0 Å². The van der Waals surface area contributed by atoms with Crippen molar-refractivity contribution in [2.24, 2.45) is 4.99 Å². The van der Waals surface area contributed by atoms with Gasteiger partial charge in [-0.05, 0) is 32.4 Å². The summed E-state index contributed by atoms with van der Waals surface area (Å²) in [6.07, 6.45) is 2.69. The van der Waals surface area contributed by atoms with Gasteiger partial charge in [0.1, 0.15) is 11.1 Å². The van der Waals surface area contributed by atoms with Crippen molar-refractivity contribution in [1.29, 1.82) is 0 Å². The number of halogens is 1. The molecule has 1 unspecified atom stereocenters. The molecule has 2 N–H and O–H groups in total. The van der Waals surface area contributed by atoms with Crippen molar-refractivity contribution >= 4 is 17.3 Å². The van der Waals surface area contributed by atoms with Crippen LogP contribution in [0.25, 0.3) is 0 Å². The number of thiazole rings is 1. The van der Waals surface area contributed by atoms with Crippen LogP contribution in [0.5, 0.6) is 5.75 Å². The van der Waals surface area contributed by atoms with Crippen LogP contribution in [0.3, 0.4) is 0 Å². The van der Waals surface area contributed by atoms with Gasteiger partial charge in [0.05, 0.1) is 13.1 Å². The molecule has 1 atom stereocenters. The number of hydrogen-bond donors (Lipinski definition) is 2. The third-order valence-electron chi connectivity index (χ3n) is 3.39. The van der Waals surface area contributed by atoms with Gasteiger partial charge < -0.3 is 15.4 Å². The standard InChI is InChI=1S/C18H25FN4OS/c1-4-14-11-21-17(25-14)12-23-18(20-5-2)22-10-13(3)24-16-9-7-6-8-15(16)19/h6-9,11,13H,4-5,10,12H2,1-3H3,(H2,20,22,23). The Morgan fingerprint density at radius 2 is 2.12 bits per heavy atom. The number of para-hydroxylation sites is 1. The molecule has 2 rings (SSSR count). The summed E-state index contributed by atoms with van der Waals surface area (Å²) >= 11 is 1.68. The van der Waals surface area contributed by atoms with Crippen LogP contribution in [0.1, 0.15) is 30.7 Å². The number of benzene rings is 1. The molecule has 0 aliphatic heterocycles. The lowest BCUT2D eigenvalue weighted by atomic mass is 10.3. The predicted octanol–water partition coefficient (Wildman–Crippen LogP) is 3.37. The summed E-state index contributed by atoms with van der Waals surface area (Å²) in [6.45, 7) is 7.81. The van der Waals surface area contributed by atoms with Crippen LogP contribution >= 0.6 is 11.3 Å². The van der Waals surface area contributed by atoms with Gasteiger partial charge in [-0.25, -0.2) is 14.4 Å². The molecule has 0 saturated carbocycles. The van der Waals surface area contributed by atoms with Crippen LogP contribution in [0, 0.1) is 5.82 Å². The first-order valence-electron chi connectivity index (χ1n) is 8.49. The van der Waals surface area contributed by atoms with E-state index in [2.05, 4.69) is 27.5 Å². The van der Waals surface area contributed by atoms with Crippen molar-refractivity contribution in [3.05, 3.63) is 46.2 Å². The number of aliphatic imine (C=N–C) groups is 1. The van der Waals surface area contributed by atoms with Crippen molar-refractivity contribution in [3.63, 3.8) is 0 Å². The minimum absolute atomic E-state index is 0.202. The summed E-state index contributed by atoms with van der Waals surface area (Å²) < 4.78 is 19.2. The minimum Gasteiger partial charge on any atom is -0.486 e. The number of rotatable bonds is 8. The van der Waals surface area contributed by atoms with E-state index >= 15 is 0 Å². The summed E-state index contributed by atoms with van der Waals surface area (Å²) in [6, 6.07) is 6.41. The second-order valence-corrected chi connectivity index (χ2v) is 6.71. The summed E-state index contributed by atoms with van der Waals surface area (Å²) in [7, 11) is 0. The molecule has 1 aromatic heterocycles. The second kappa shape index (κ2) is 9.98. The quantitative estimate of drug-likeness (QED) is 0.557. The van der Waals surface area contributed by atoms with Crippen molar-refractivity contribution < 1.29 is 9.13 Å². The highest BCUT2D eigenvalue weighted by atomic mass is 32.1. The monoisotopic (exact) mass is 364 g/mol. The van der Waals surface area contributed by atoms with Crippen molar-refractivity contribution in [2.75, 3.05) is 13.1 Å². The second-order valence-electron chi connectivity index (χ2n) is 5.51. The molecule has 0 aliphatic carbocycles. The van der Waals surface area contributed by atoms with E-state index in [0.29, 0.717) is 19.0 Å². The van der Waals surface area contributed by atoms with Crippen LogP contribution in [0.2, 0.25) is 0 Å². The van der Waals surface area contributed by atoms with Gasteiger partial charge in [-0.1, -0.05) is 19.1 Å². The van der Waals surface area contributed by atoms with Gasteiger partial charge in [0.15, 0.2) is 17.5 Å². The van der Waals surface area contributed by atoms with Crippen molar-refractivity contribution in [2.45, 2.75) is 39.8 Å². The molecule has 1 heterocycles.